The summed E-state index contributed by atoms with van der Waals surface area (Å²) in [6, 6.07) is 15.3. The van der Waals surface area contributed by atoms with Crippen LogP contribution < -0.4 is 9.47 Å². The van der Waals surface area contributed by atoms with Crippen LogP contribution in [0.5, 0.6) is 11.5 Å². The Morgan fingerprint density at radius 2 is 1.90 bits per heavy atom. The van der Waals surface area contributed by atoms with E-state index >= 15 is 0 Å². The molecule has 0 spiro atoms. The third-order valence-electron chi connectivity index (χ3n) is 4.97. The highest BCUT2D eigenvalue weighted by Crippen LogP contribution is 2.35. The van der Waals surface area contributed by atoms with Gasteiger partial charge in [-0.05, 0) is 36.8 Å². The molecule has 6 nitrogen and oxygen atoms in total. The molecule has 29 heavy (non-hydrogen) atoms. The van der Waals surface area contributed by atoms with Crippen LogP contribution in [0.15, 0.2) is 48.5 Å². The van der Waals surface area contributed by atoms with E-state index in [1.807, 2.05) is 55.6 Å². The summed E-state index contributed by atoms with van der Waals surface area (Å²) in [6.07, 6.45) is 0.788. The lowest BCUT2D eigenvalue weighted by Crippen LogP contribution is -2.28. The van der Waals surface area contributed by atoms with Crippen molar-refractivity contribution in [1.29, 1.82) is 0 Å². The molecule has 1 amide bonds. The second-order valence-corrected chi connectivity index (χ2v) is 7.00. The molecule has 1 aliphatic heterocycles. The molecule has 0 radical (unpaired) electrons. The number of amides is 1. The highest BCUT2D eigenvalue weighted by atomic mass is 16.6. The van der Waals surface area contributed by atoms with Gasteiger partial charge < -0.3 is 19.1 Å². The molecular weight excluding hydrogens is 368 g/mol. The Hall–Kier alpha value is -3.12. The highest BCUT2D eigenvalue weighted by Gasteiger charge is 2.19. The Kier molecular flexibility index (Phi) is 5.62. The van der Waals surface area contributed by atoms with Gasteiger partial charge in [-0.1, -0.05) is 18.2 Å². The number of benzene rings is 2. The molecular formula is C23H24N2O4. The molecule has 0 atom stereocenters. The average Bonchev–Trinajstić information content (AvgIpc) is 2.77. The molecule has 0 fully saturated rings. The molecule has 1 aromatic heterocycles. The number of carbonyl (C=O) groups excluding carboxylic acids is 1. The van der Waals surface area contributed by atoms with Crippen molar-refractivity contribution < 1.29 is 19.0 Å². The van der Waals surface area contributed by atoms with Crippen molar-refractivity contribution in [3.63, 3.8) is 0 Å². The Balaban J connectivity index is 1.74. The molecule has 2 heterocycles. The Morgan fingerprint density at radius 1 is 1.10 bits per heavy atom. The summed E-state index contributed by atoms with van der Waals surface area (Å²) in [5.41, 5.74) is 3.04. The second-order valence-electron chi connectivity index (χ2n) is 7.00. The molecule has 4 rings (SSSR count). The van der Waals surface area contributed by atoms with Crippen molar-refractivity contribution in [1.82, 2.24) is 9.88 Å². The zero-order valence-electron chi connectivity index (χ0n) is 16.7. The summed E-state index contributed by atoms with van der Waals surface area (Å²) < 4.78 is 16.4. The SMILES string of the molecule is COCCCN(C)C(=O)c1cc(-c2ccc3c(c2)OCCO3)nc2ccccc12. The van der Waals surface area contributed by atoms with Crippen molar-refractivity contribution in [2.75, 3.05) is 40.5 Å². The topological polar surface area (TPSA) is 60.9 Å². The zero-order chi connectivity index (χ0) is 20.2. The van der Waals surface area contributed by atoms with Crippen LogP contribution >= 0.6 is 0 Å². The molecule has 0 N–H and O–H groups in total. The number of methoxy groups -OCH3 is 1. The Bertz CT molecular complexity index is 1030. The molecule has 0 unspecified atom stereocenters. The van der Waals surface area contributed by atoms with Crippen LogP contribution in [-0.4, -0.2) is 56.3 Å². The van der Waals surface area contributed by atoms with Crippen molar-refractivity contribution in [2.24, 2.45) is 0 Å². The molecule has 1 aliphatic rings. The number of carbonyl (C=O) groups is 1. The number of pyridine rings is 1. The van der Waals surface area contributed by atoms with Crippen LogP contribution in [0.1, 0.15) is 16.8 Å². The van der Waals surface area contributed by atoms with Gasteiger partial charge in [-0.2, -0.15) is 0 Å². The van der Waals surface area contributed by atoms with Gasteiger partial charge in [0.25, 0.3) is 5.91 Å². The fraction of sp³-hybridized carbons (Fsp3) is 0.304. The Labute approximate surface area is 170 Å². The fourth-order valence-corrected chi connectivity index (χ4v) is 3.46. The monoisotopic (exact) mass is 392 g/mol. The van der Waals surface area contributed by atoms with E-state index in [0.29, 0.717) is 37.7 Å². The lowest BCUT2D eigenvalue weighted by molar-refractivity contribution is 0.0781. The van der Waals surface area contributed by atoms with E-state index in [0.717, 1.165) is 34.3 Å². The van der Waals surface area contributed by atoms with E-state index in [1.165, 1.54) is 0 Å². The average molecular weight is 392 g/mol. The molecule has 6 heteroatoms. The van der Waals surface area contributed by atoms with Crippen molar-refractivity contribution >= 4 is 16.8 Å². The smallest absolute Gasteiger partial charge is 0.254 e. The standard InChI is InChI=1S/C23H24N2O4/c1-25(10-5-11-27-2)23(26)18-15-20(24-19-7-4-3-6-17(18)19)16-8-9-21-22(14-16)29-13-12-28-21/h3-4,6-9,14-15H,5,10-13H2,1-2H3. The largest absolute Gasteiger partial charge is 0.486 e. The van der Waals surface area contributed by atoms with Crippen molar-refractivity contribution in [3.8, 4) is 22.8 Å². The van der Waals surface area contributed by atoms with E-state index in [4.69, 9.17) is 19.2 Å². The third-order valence-corrected chi connectivity index (χ3v) is 4.97. The van der Waals surface area contributed by atoms with E-state index in [1.54, 1.807) is 12.0 Å². The Morgan fingerprint density at radius 3 is 2.72 bits per heavy atom. The minimum Gasteiger partial charge on any atom is -0.486 e. The maximum atomic E-state index is 13.2. The first-order valence-electron chi connectivity index (χ1n) is 9.71. The van der Waals surface area contributed by atoms with Gasteiger partial charge in [0.15, 0.2) is 11.5 Å². The quantitative estimate of drug-likeness (QED) is 0.598. The molecule has 0 aliphatic carbocycles. The van der Waals surface area contributed by atoms with Crippen LogP contribution in [0.25, 0.3) is 22.2 Å². The second kappa shape index (κ2) is 8.49. The van der Waals surface area contributed by atoms with E-state index < -0.39 is 0 Å². The van der Waals surface area contributed by atoms with Crippen LogP contribution in [-0.2, 0) is 4.74 Å². The first-order valence-corrected chi connectivity index (χ1v) is 9.71. The van der Waals surface area contributed by atoms with Gasteiger partial charge in [0.1, 0.15) is 13.2 Å². The minimum atomic E-state index is -0.0292. The number of para-hydroxylation sites is 1. The van der Waals surface area contributed by atoms with Crippen molar-refractivity contribution in [3.05, 3.63) is 54.1 Å². The minimum absolute atomic E-state index is 0.0292. The molecule has 2 aromatic carbocycles. The van der Waals surface area contributed by atoms with E-state index in [2.05, 4.69) is 0 Å². The maximum Gasteiger partial charge on any atom is 0.254 e. The number of ether oxygens (including phenoxy) is 3. The van der Waals surface area contributed by atoms with Gasteiger partial charge in [0.2, 0.25) is 0 Å². The van der Waals surface area contributed by atoms with Crippen LogP contribution in [0, 0.1) is 0 Å². The summed E-state index contributed by atoms with van der Waals surface area (Å²) >= 11 is 0. The first kappa shape index (κ1) is 19.2. The summed E-state index contributed by atoms with van der Waals surface area (Å²) in [4.78, 5) is 19.7. The predicted molar refractivity (Wildman–Crippen MR) is 112 cm³/mol. The van der Waals surface area contributed by atoms with Gasteiger partial charge in [0.05, 0.1) is 16.8 Å². The summed E-state index contributed by atoms with van der Waals surface area (Å²) in [6.45, 7) is 2.33. The van der Waals surface area contributed by atoms with Gasteiger partial charge in [0, 0.05) is 38.3 Å². The van der Waals surface area contributed by atoms with Gasteiger partial charge in [-0.25, -0.2) is 4.98 Å². The normalized spacial score (nSPS) is 12.8. The van der Waals surface area contributed by atoms with Crippen LogP contribution in [0.2, 0.25) is 0 Å². The maximum absolute atomic E-state index is 13.2. The van der Waals surface area contributed by atoms with E-state index in [9.17, 15) is 4.79 Å². The van der Waals surface area contributed by atoms with E-state index in [-0.39, 0.29) is 5.91 Å². The van der Waals surface area contributed by atoms with Crippen LogP contribution in [0.3, 0.4) is 0 Å². The number of rotatable bonds is 6. The lowest BCUT2D eigenvalue weighted by Gasteiger charge is -2.20. The van der Waals surface area contributed by atoms with Gasteiger partial charge in [-0.3, -0.25) is 4.79 Å². The number of hydrogen-bond acceptors (Lipinski definition) is 5. The van der Waals surface area contributed by atoms with Gasteiger partial charge >= 0.3 is 0 Å². The number of aromatic nitrogens is 1. The predicted octanol–water partition coefficient (Wildman–Crippen LogP) is 3.78. The number of nitrogens with zero attached hydrogens (tertiary/aromatic N) is 2. The molecule has 0 saturated carbocycles. The lowest BCUT2D eigenvalue weighted by atomic mass is 10.0. The fourth-order valence-electron chi connectivity index (χ4n) is 3.46. The number of fused-ring (bicyclic) bond motifs is 2. The molecule has 0 bridgehead atoms. The zero-order valence-corrected chi connectivity index (χ0v) is 16.7. The first-order chi connectivity index (χ1) is 14.2. The summed E-state index contributed by atoms with van der Waals surface area (Å²) in [7, 11) is 3.48. The third kappa shape index (κ3) is 4.03. The van der Waals surface area contributed by atoms with Gasteiger partial charge in [-0.15, -0.1) is 0 Å². The highest BCUT2D eigenvalue weighted by molar-refractivity contribution is 6.07. The summed E-state index contributed by atoms with van der Waals surface area (Å²) in [5, 5.41) is 0.845. The molecule has 0 saturated heterocycles. The molecule has 3 aromatic rings. The molecule has 150 valence electrons. The summed E-state index contributed by atoms with van der Waals surface area (Å²) in [5.74, 6) is 1.40. The van der Waals surface area contributed by atoms with Crippen molar-refractivity contribution in [2.45, 2.75) is 6.42 Å². The number of hydrogen-bond donors (Lipinski definition) is 0. The van der Waals surface area contributed by atoms with Crippen LogP contribution in [0.4, 0.5) is 0 Å².